The molecule has 0 bridgehead atoms. The van der Waals surface area contributed by atoms with Crippen LogP contribution < -0.4 is 11.4 Å². The van der Waals surface area contributed by atoms with Crippen molar-refractivity contribution < 1.29 is 9.15 Å². The molecule has 1 aliphatic rings. The number of benzene rings is 1. The molecule has 0 saturated carbocycles. The van der Waals surface area contributed by atoms with Crippen molar-refractivity contribution in [2.24, 2.45) is 5.73 Å². The Bertz CT molecular complexity index is 1210. The number of halogens is 1. The van der Waals surface area contributed by atoms with Gasteiger partial charge in [0.2, 0.25) is 0 Å². The lowest BCUT2D eigenvalue weighted by atomic mass is 10.1. The van der Waals surface area contributed by atoms with E-state index in [0.717, 1.165) is 63.0 Å². The Hall–Kier alpha value is -2.61. The Kier molecular flexibility index (Phi) is 7.29. The van der Waals surface area contributed by atoms with Gasteiger partial charge >= 0.3 is 5.69 Å². The minimum Gasteiger partial charge on any atom is -0.452 e. The van der Waals surface area contributed by atoms with Gasteiger partial charge in [0.05, 0.1) is 13.2 Å². The molecule has 0 atom stereocenters. The molecule has 2 aromatic heterocycles. The van der Waals surface area contributed by atoms with Crippen molar-refractivity contribution in [3.05, 3.63) is 57.8 Å². The molecule has 3 aromatic rings. The number of unbranched alkanes of at least 4 members (excludes halogenated alkanes) is 2. The first-order valence-corrected chi connectivity index (χ1v) is 11.5. The number of allylic oxidation sites excluding steroid dienone is 2. The van der Waals surface area contributed by atoms with E-state index in [4.69, 9.17) is 26.5 Å². The first-order chi connectivity index (χ1) is 15.6. The fourth-order valence-electron chi connectivity index (χ4n) is 4.04. The zero-order valence-electron chi connectivity index (χ0n) is 18.3. The van der Waals surface area contributed by atoms with Gasteiger partial charge in [-0.2, -0.15) is 4.98 Å². The van der Waals surface area contributed by atoms with E-state index in [0.29, 0.717) is 34.0 Å². The summed E-state index contributed by atoms with van der Waals surface area (Å²) >= 11 is 6.27. The second-order valence-corrected chi connectivity index (χ2v) is 8.40. The maximum absolute atomic E-state index is 13.1. The number of morpholine rings is 1. The van der Waals surface area contributed by atoms with E-state index in [2.05, 4.69) is 16.8 Å². The molecule has 2 N–H and O–H groups in total. The summed E-state index contributed by atoms with van der Waals surface area (Å²) in [6.07, 6.45) is 8.39. The van der Waals surface area contributed by atoms with Gasteiger partial charge in [0.15, 0.2) is 5.58 Å². The van der Waals surface area contributed by atoms with Gasteiger partial charge in [-0.25, -0.2) is 4.79 Å². The fourth-order valence-corrected chi connectivity index (χ4v) is 4.21. The third-order valence-corrected chi connectivity index (χ3v) is 5.99. The summed E-state index contributed by atoms with van der Waals surface area (Å²) < 4.78 is 13.3. The van der Waals surface area contributed by atoms with Crippen LogP contribution in [0, 0.1) is 0 Å². The molecule has 1 aromatic carbocycles. The summed E-state index contributed by atoms with van der Waals surface area (Å²) in [6, 6.07) is 5.44. The van der Waals surface area contributed by atoms with Gasteiger partial charge in [0.25, 0.3) is 0 Å². The number of nitrogens with zero attached hydrogens (tertiary/aromatic N) is 3. The van der Waals surface area contributed by atoms with E-state index in [1.165, 1.54) is 6.20 Å². The number of rotatable bonds is 8. The highest BCUT2D eigenvalue weighted by Crippen LogP contribution is 2.33. The highest BCUT2D eigenvalue weighted by atomic mass is 35.5. The van der Waals surface area contributed by atoms with E-state index in [9.17, 15) is 4.79 Å². The summed E-state index contributed by atoms with van der Waals surface area (Å²) in [5.41, 5.74) is 8.67. The van der Waals surface area contributed by atoms with Crippen LogP contribution in [0.4, 0.5) is 0 Å². The van der Waals surface area contributed by atoms with E-state index in [1.54, 1.807) is 10.6 Å². The summed E-state index contributed by atoms with van der Waals surface area (Å²) in [6.45, 7) is 6.76. The van der Waals surface area contributed by atoms with Crippen LogP contribution in [0.3, 0.4) is 0 Å². The zero-order chi connectivity index (χ0) is 22.5. The van der Waals surface area contributed by atoms with Crippen molar-refractivity contribution >= 4 is 39.2 Å². The Morgan fingerprint density at radius 2 is 2.09 bits per heavy atom. The lowest BCUT2D eigenvalue weighted by Gasteiger charge is -2.25. The number of nitrogens with two attached hydrogens (primary N) is 1. The minimum absolute atomic E-state index is 0.313. The van der Waals surface area contributed by atoms with Gasteiger partial charge in [-0.05, 0) is 24.6 Å². The fraction of sp³-hybridized carbons (Fsp3) is 0.417. The predicted octanol–water partition coefficient (Wildman–Crippen LogP) is 4.17. The maximum atomic E-state index is 13.1. The highest BCUT2D eigenvalue weighted by molar-refractivity contribution is 6.31. The molecule has 7 nitrogen and oxygen atoms in total. The number of hydrogen-bond acceptors (Lipinski definition) is 6. The van der Waals surface area contributed by atoms with Gasteiger partial charge in [-0.1, -0.05) is 43.5 Å². The van der Waals surface area contributed by atoms with Crippen molar-refractivity contribution in [3.63, 3.8) is 0 Å². The Morgan fingerprint density at radius 3 is 2.84 bits per heavy atom. The summed E-state index contributed by atoms with van der Waals surface area (Å²) in [5.74, 6) is 0. The largest absolute Gasteiger partial charge is 0.452 e. The lowest BCUT2D eigenvalue weighted by molar-refractivity contribution is 0.0434. The van der Waals surface area contributed by atoms with E-state index < -0.39 is 0 Å². The van der Waals surface area contributed by atoms with Crippen molar-refractivity contribution in [1.29, 1.82) is 0 Å². The third kappa shape index (κ3) is 4.75. The lowest BCUT2D eigenvalue weighted by Crippen LogP contribution is -2.36. The molecule has 1 aliphatic heterocycles. The predicted molar refractivity (Wildman–Crippen MR) is 129 cm³/mol. The standard InChI is InChI=1S/C24H29ClN4O3/c1-2-3-4-10-29-22-19-15-18(25)7-8-20(19)32-23(22)21(27-24(29)30)17(16-26)6-5-9-28-11-13-31-14-12-28/h5-8,15-16H,2-4,9-14,26H2,1H3. The van der Waals surface area contributed by atoms with Crippen LogP contribution in [0.25, 0.3) is 27.6 Å². The molecule has 170 valence electrons. The van der Waals surface area contributed by atoms with E-state index >= 15 is 0 Å². The number of ether oxygens (including phenoxy) is 1. The molecule has 1 fully saturated rings. The van der Waals surface area contributed by atoms with Gasteiger partial charge in [-0.3, -0.25) is 9.47 Å². The monoisotopic (exact) mass is 456 g/mol. The number of hydrogen-bond donors (Lipinski definition) is 1. The molecule has 0 aliphatic carbocycles. The number of aromatic nitrogens is 2. The van der Waals surface area contributed by atoms with Crippen LogP contribution in [0.2, 0.25) is 5.02 Å². The van der Waals surface area contributed by atoms with E-state index in [-0.39, 0.29) is 5.69 Å². The molecule has 0 spiro atoms. The van der Waals surface area contributed by atoms with Crippen LogP contribution in [0.15, 0.2) is 45.8 Å². The second-order valence-electron chi connectivity index (χ2n) is 7.96. The normalized spacial score (nSPS) is 16.0. The molecular weight excluding hydrogens is 428 g/mol. The smallest absolute Gasteiger partial charge is 0.348 e. The Labute approximate surface area is 192 Å². The average molecular weight is 457 g/mol. The van der Waals surface area contributed by atoms with Crippen LogP contribution >= 0.6 is 11.6 Å². The number of aryl methyl sites for hydroxylation is 1. The second kappa shape index (κ2) is 10.3. The van der Waals surface area contributed by atoms with Crippen LogP contribution in [-0.4, -0.2) is 47.3 Å². The molecule has 3 heterocycles. The quantitative estimate of drug-likeness (QED) is 0.404. The maximum Gasteiger partial charge on any atom is 0.348 e. The highest BCUT2D eigenvalue weighted by Gasteiger charge is 2.20. The molecule has 1 saturated heterocycles. The van der Waals surface area contributed by atoms with Gasteiger partial charge in [0, 0.05) is 48.4 Å². The van der Waals surface area contributed by atoms with Crippen molar-refractivity contribution in [3.8, 4) is 0 Å². The first kappa shape index (κ1) is 22.6. The minimum atomic E-state index is -0.313. The molecule has 32 heavy (non-hydrogen) atoms. The van der Waals surface area contributed by atoms with Gasteiger partial charge in [-0.15, -0.1) is 0 Å². The summed E-state index contributed by atoms with van der Waals surface area (Å²) in [4.78, 5) is 19.8. The molecule has 0 radical (unpaired) electrons. The molecule has 4 rings (SSSR count). The molecule has 0 amide bonds. The topological polar surface area (TPSA) is 86.5 Å². The summed E-state index contributed by atoms with van der Waals surface area (Å²) in [5, 5.41) is 1.39. The van der Waals surface area contributed by atoms with E-state index in [1.807, 2.05) is 24.3 Å². The Balaban J connectivity index is 1.77. The SMILES string of the molecule is CCCCCn1c(=O)nc(C(C=CCN2CCOCC2)=CN)c2oc3ccc(Cl)cc3c21. The average Bonchev–Trinajstić information content (AvgIpc) is 3.17. The molecular formula is C24H29ClN4O3. The summed E-state index contributed by atoms with van der Waals surface area (Å²) in [7, 11) is 0. The molecule has 0 unspecified atom stereocenters. The third-order valence-electron chi connectivity index (χ3n) is 5.75. The van der Waals surface area contributed by atoms with Crippen molar-refractivity contribution in [2.75, 3.05) is 32.8 Å². The van der Waals surface area contributed by atoms with Crippen molar-refractivity contribution in [1.82, 2.24) is 14.5 Å². The van der Waals surface area contributed by atoms with Gasteiger partial charge < -0.3 is 14.9 Å². The van der Waals surface area contributed by atoms with Crippen LogP contribution in [-0.2, 0) is 11.3 Å². The first-order valence-electron chi connectivity index (χ1n) is 11.1. The number of fused-ring (bicyclic) bond motifs is 3. The van der Waals surface area contributed by atoms with Crippen molar-refractivity contribution in [2.45, 2.75) is 32.7 Å². The van der Waals surface area contributed by atoms with Gasteiger partial charge in [0.1, 0.15) is 16.8 Å². The molecule has 8 heteroatoms. The zero-order valence-corrected chi connectivity index (χ0v) is 19.1. The van der Waals surface area contributed by atoms with Crippen LogP contribution in [0.5, 0.6) is 0 Å². The Morgan fingerprint density at radius 1 is 1.28 bits per heavy atom. The van der Waals surface area contributed by atoms with Crippen LogP contribution in [0.1, 0.15) is 31.9 Å². The number of furan rings is 1.